The van der Waals surface area contributed by atoms with Gasteiger partial charge in [-0.05, 0) is 43.2 Å². The quantitative estimate of drug-likeness (QED) is 0.303. The molecule has 0 bridgehead atoms. The molecule has 3 aromatic rings. The van der Waals surface area contributed by atoms with E-state index in [1.54, 1.807) is 13.0 Å². The zero-order valence-electron chi connectivity index (χ0n) is 22.2. The minimum atomic E-state index is -1.26. The van der Waals surface area contributed by atoms with Gasteiger partial charge in [-0.25, -0.2) is 18.2 Å². The van der Waals surface area contributed by atoms with Gasteiger partial charge in [-0.15, -0.1) is 0 Å². The molecule has 4 atom stereocenters. The average Bonchev–Trinajstić information content (AvgIpc) is 2.88. The van der Waals surface area contributed by atoms with E-state index < -0.39 is 52.0 Å². The fraction of sp³-hybridized carbons (Fsp3) is 0.393. The van der Waals surface area contributed by atoms with Crippen LogP contribution in [0.3, 0.4) is 0 Å². The number of anilines is 2. The third-order valence-corrected chi connectivity index (χ3v) is 7.39. The molecule has 1 amide bonds. The number of ether oxygens (including phenoxy) is 2. The predicted octanol–water partition coefficient (Wildman–Crippen LogP) is 4.05. The van der Waals surface area contributed by atoms with Crippen molar-refractivity contribution in [3.05, 3.63) is 65.4 Å². The summed E-state index contributed by atoms with van der Waals surface area (Å²) in [6, 6.07) is 4.21. The smallest absolute Gasteiger partial charge is 0.276 e. The fourth-order valence-corrected chi connectivity index (χ4v) is 4.86. The maximum atomic E-state index is 14.9. The number of benzene rings is 1. The Bertz CT molecular complexity index is 1370. The van der Waals surface area contributed by atoms with Crippen LogP contribution in [0.4, 0.5) is 24.5 Å². The molecule has 2 aromatic heterocycles. The highest BCUT2D eigenvalue weighted by Gasteiger charge is 2.43. The number of halogens is 3. The minimum absolute atomic E-state index is 0.0436. The molecule has 0 saturated heterocycles. The van der Waals surface area contributed by atoms with Crippen molar-refractivity contribution < 1.29 is 37.7 Å². The lowest BCUT2D eigenvalue weighted by atomic mass is 9.69. The molecule has 214 valence electrons. The van der Waals surface area contributed by atoms with E-state index in [-0.39, 0.29) is 42.9 Å². The molecule has 1 aliphatic carbocycles. The first-order valence-corrected chi connectivity index (χ1v) is 12.7. The topological polar surface area (TPSA) is 140 Å². The number of aliphatic hydroxyl groups is 2. The number of nitrogens with two attached hydrogens (primary N) is 1. The Labute approximate surface area is 229 Å². The van der Waals surface area contributed by atoms with Crippen molar-refractivity contribution in [2.75, 3.05) is 31.4 Å². The molecule has 2 heterocycles. The zero-order valence-corrected chi connectivity index (χ0v) is 22.2. The second kappa shape index (κ2) is 11.8. The van der Waals surface area contributed by atoms with E-state index in [9.17, 15) is 28.2 Å². The number of nitrogens with one attached hydrogen (secondary N) is 1. The Morgan fingerprint density at radius 1 is 1.18 bits per heavy atom. The molecule has 0 unspecified atom stereocenters. The minimum Gasteiger partial charge on any atom is -0.491 e. The Kier molecular flexibility index (Phi) is 8.62. The van der Waals surface area contributed by atoms with Crippen LogP contribution in [0.2, 0.25) is 0 Å². The van der Waals surface area contributed by atoms with Gasteiger partial charge in [-0.2, -0.15) is 0 Å². The standard InChI is InChI=1S/C28H31F3N4O5/c1-14-8-15(9-23(36)28(14,2)38)17-4-5-33-13-22(17)34-27(37)26-21(32)12-20(31)25(35-26)24-18(29)10-16(11-19(24)30)40-7-6-39-3/h4-5,10-15,23,36,38H,6-9,32H2,1-3H3,(H,34,37)/t14-,15+,23+,28+/m0/s1. The summed E-state index contributed by atoms with van der Waals surface area (Å²) in [5.74, 6) is -4.86. The molecule has 1 aliphatic rings. The lowest BCUT2D eigenvalue weighted by Crippen LogP contribution is -2.49. The van der Waals surface area contributed by atoms with E-state index in [0.29, 0.717) is 17.7 Å². The SMILES string of the molecule is COCCOc1cc(F)c(-c2nc(C(=O)Nc3cnccc3[C@H]3C[C@@H](O)[C@](C)(O)[C@@H](C)C3)c(N)cc2F)c(F)c1. The third-order valence-electron chi connectivity index (χ3n) is 7.39. The number of hydrogen-bond donors (Lipinski definition) is 4. The van der Waals surface area contributed by atoms with Crippen molar-refractivity contribution in [1.82, 2.24) is 9.97 Å². The van der Waals surface area contributed by atoms with Gasteiger partial charge < -0.3 is 30.7 Å². The molecule has 40 heavy (non-hydrogen) atoms. The number of aliphatic hydroxyl groups excluding tert-OH is 1. The van der Waals surface area contributed by atoms with Crippen molar-refractivity contribution in [2.24, 2.45) is 5.92 Å². The summed E-state index contributed by atoms with van der Waals surface area (Å²) in [6.07, 6.45) is 2.72. The van der Waals surface area contributed by atoms with Gasteiger partial charge in [0.2, 0.25) is 0 Å². The average molecular weight is 561 g/mol. The Morgan fingerprint density at radius 3 is 2.52 bits per heavy atom. The zero-order chi connectivity index (χ0) is 29.2. The number of pyridine rings is 2. The van der Waals surface area contributed by atoms with Crippen LogP contribution in [0.1, 0.15) is 48.7 Å². The van der Waals surface area contributed by atoms with Crippen LogP contribution < -0.4 is 15.8 Å². The van der Waals surface area contributed by atoms with Gasteiger partial charge >= 0.3 is 0 Å². The number of nitrogens with zero attached hydrogens (tertiary/aromatic N) is 2. The maximum absolute atomic E-state index is 14.9. The van der Waals surface area contributed by atoms with Crippen LogP contribution in [-0.2, 0) is 4.74 Å². The van der Waals surface area contributed by atoms with Crippen molar-refractivity contribution in [1.29, 1.82) is 0 Å². The van der Waals surface area contributed by atoms with Gasteiger partial charge in [0.15, 0.2) is 11.5 Å². The van der Waals surface area contributed by atoms with E-state index in [4.69, 9.17) is 15.2 Å². The van der Waals surface area contributed by atoms with Crippen LogP contribution in [0.5, 0.6) is 5.75 Å². The molecule has 1 saturated carbocycles. The lowest BCUT2D eigenvalue weighted by molar-refractivity contribution is -0.123. The fourth-order valence-electron chi connectivity index (χ4n) is 4.86. The van der Waals surface area contributed by atoms with Gasteiger partial charge in [0.05, 0.1) is 41.4 Å². The molecule has 4 rings (SSSR count). The molecule has 0 spiro atoms. The Morgan fingerprint density at radius 2 is 1.88 bits per heavy atom. The lowest BCUT2D eigenvalue weighted by Gasteiger charge is -2.43. The first-order chi connectivity index (χ1) is 18.9. The molecule has 1 fully saturated rings. The second-order valence-electron chi connectivity index (χ2n) is 10.1. The normalized spacial score (nSPS) is 22.6. The van der Waals surface area contributed by atoms with Crippen LogP contribution in [0.15, 0.2) is 36.7 Å². The van der Waals surface area contributed by atoms with Crippen LogP contribution in [0, 0.1) is 23.4 Å². The second-order valence-corrected chi connectivity index (χ2v) is 10.1. The van der Waals surface area contributed by atoms with Gasteiger partial charge in [-0.1, -0.05) is 6.92 Å². The number of amides is 1. The summed E-state index contributed by atoms with van der Waals surface area (Å²) < 4.78 is 54.7. The molecule has 1 aromatic carbocycles. The van der Waals surface area contributed by atoms with E-state index in [0.717, 1.165) is 18.2 Å². The number of nitrogen functional groups attached to an aromatic ring is 1. The summed E-state index contributed by atoms with van der Waals surface area (Å²) in [7, 11) is 1.44. The highest BCUT2D eigenvalue weighted by atomic mass is 19.1. The summed E-state index contributed by atoms with van der Waals surface area (Å²) in [6.45, 7) is 3.65. The predicted molar refractivity (Wildman–Crippen MR) is 141 cm³/mol. The summed E-state index contributed by atoms with van der Waals surface area (Å²) in [4.78, 5) is 21.2. The van der Waals surface area contributed by atoms with E-state index in [1.807, 2.05) is 6.92 Å². The number of carbonyl (C=O) groups excluding carboxylic acids is 1. The molecular weight excluding hydrogens is 529 g/mol. The summed E-state index contributed by atoms with van der Waals surface area (Å²) in [5, 5.41) is 23.7. The molecule has 5 N–H and O–H groups in total. The maximum Gasteiger partial charge on any atom is 0.276 e. The van der Waals surface area contributed by atoms with Crippen molar-refractivity contribution in [3.8, 4) is 17.0 Å². The van der Waals surface area contributed by atoms with E-state index in [2.05, 4.69) is 15.3 Å². The molecule has 0 radical (unpaired) electrons. The number of aromatic nitrogens is 2. The van der Waals surface area contributed by atoms with Gasteiger partial charge in [-0.3, -0.25) is 9.78 Å². The molecular formula is C28H31F3N4O5. The summed E-state index contributed by atoms with van der Waals surface area (Å²) in [5.41, 5.74) is 3.25. The number of carbonyl (C=O) groups is 1. The highest BCUT2D eigenvalue weighted by Crippen LogP contribution is 2.43. The molecule has 0 aliphatic heterocycles. The molecule has 12 heteroatoms. The highest BCUT2D eigenvalue weighted by molar-refractivity contribution is 6.07. The number of methoxy groups -OCH3 is 1. The monoisotopic (exact) mass is 560 g/mol. The molecule has 9 nitrogen and oxygen atoms in total. The van der Waals surface area contributed by atoms with Crippen LogP contribution in [0.25, 0.3) is 11.3 Å². The van der Waals surface area contributed by atoms with Crippen molar-refractivity contribution >= 4 is 17.3 Å². The van der Waals surface area contributed by atoms with Gasteiger partial charge in [0.1, 0.15) is 29.7 Å². The first-order valence-electron chi connectivity index (χ1n) is 12.7. The first kappa shape index (κ1) is 29.2. The number of hydrogen-bond acceptors (Lipinski definition) is 8. The number of rotatable bonds is 8. The van der Waals surface area contributed by atoms with Crippen LogP contribution >= 0.6 is 0 Å². The van der Waals surface area contributed by atoms with Gasteiger partial charge in [0.25, 0.3) is 5.91 Å². The van der Waals surface area contributed by atoms with Crippen molar-refractivity contribution in [3.63, 3.8) is 0 Å². The van der Waals surface area contributed by atoms with E-state index >= 15 is 0 Å². The van der Waals surface area contributed by atoms with E-state index in [1.165, 1.54) is 19.5 Å². The Balaban J connectivity index is 1.64. The largest absolute Gasteiger partial charge is 0.491 e. The van der Waals surface area contributed by atoms with Gasteiger partial charge in [0, 0.05) is 31.5 Å². The van der Waals surface area contributed by atoms with Crippen LogP contribution in [-0.4, -0.2) is 58.1 Å². The Hall–Kier alpha value is -3.74. The summed E-state index contributed by atoms with van der Waals surface area (Å²) >= 11 is 0. The van der Waals surface area contributed by atoms with Crippen molar-refractivity contribution in [2.45, 2.75) is 44.3 Å². The third kappa shape index (κ3) is 5.88.